The molecule has 2 rings (SSSR count). The number of hydrogen-bond acceptors (Lipinski definition) is 5. The molecular weight excluding hydrogens is 338 g/mol. The molecule has 6 heteroatoms. The molecule has 146 valence electrons. The predicted molar refractivity (Wildman–Crippen MR) is 113 cm³/mol. The van der Waals surface area contributed by atoms with E-state index < -0.39 is 0 Å². The number of nitrogens with one attached hydrogen (secondary N) is 2. The number of likely N-dealkylation sites (N-methyl/N-ethyl adjacent to an activating group) is 1. The lowest BCUT2D eigenvalue weighted by Crippen LogP contribution is -2.31. The number of carbonyl (C=O) groups excluding carboxylic acids is 1. The topological polar surface area (TPSA) is 60.5 Å². The van der Waals surface area contributed by atoms with E-state index in [0.717, 1.165) is 36.6 Å². The Balaban J connectivity index is 2.08. The van der Waals surface area contributed by atoms with Crippen LogP contribution in [0.4, 0.5) is 17.1 Å². The van der Waals surface area contributed by atoms with E-state index >= 15 is 0 Å². The molecule has 0 spiro atoms. The SMILES string of the molecule is CCN(CC)c1ccc(Nc2ccnc(C(=O)NCCN(C)C)c2)c(C)c1. The number of pyridine rings is 1. The van der Waals surface area contributed by atoms with Gasteiger partial charge in [-0.1, -0.05) is 0 Å². The molecule has 1 aromatic carbocycles. The molecule has 0 aliphatic rings. The van der Waals surface area contributed by atoms with Crippen molar-refractivity contribution in [2.45, 2.75) is 20.8 Å². The van der Waals surface area contributed by atoms with Crippen molar-refractivity contribution in [2.24, 2.45) is 0 Å². The summed E-state index contributed by atoms with van der Waals surface area (Å²) in [6, 6.07) is 10.0. The maximum atomic E-state index is 12.3. The first-order valence-corrected chi connectivity index (χ1v) is 9.46. The van der Waals surface area contributed by atoms with Crippen LogP contribution >= 0.6 is 0 Å². The number of carbonyl (C=O) groups is 1. The van der Waals surface area contributed by atoms with Crippen molar-refractivity contribution in [3.05, 3.63) is 47.8 Å². The Kier molecular flexibility index (Phi) is 7.61. The summed E-state index contributed by atoms with van der Waals surface area (Å²) in [6.07, 6.45) is 1.66. The van der Waals surface area contributed by atoms with Crippen LogP contribution in [0.3, 0.4) is 0 Å². The van der Waals surface area contributed by atoms with Crippen LogP contribution in [0.1, 0.15) is 29.9 Å². The third-order valence-corrected chi connectivity index (χ3v) is 4.45. The Morgan fingerprint density at radius 3 is 2.48 bits per heavy atom. The van der Waals surface area contributed by atoms with Crippen LogP contribution in [0, 0.1) is 6.92 Å². The van der Waals surface area contributed by atoms with E-state index in [1.54, 1.807) is 12.3 Å². The molecule has 0 fully saturated rings. The van der Waals surface area contributed by atoms with Crippen LogP contribution in [0.25, 0.3) is 0 Å². The summed E-state index contributed by atoms with van der Waals surface area (Å²) in [5.41, 5.74) is 4.67. The highest BCUT2D eigenvalue weighted by atomic mass is 16.1. The van der Waals surface area contributed by atoms with Gasteiger partial charge in [-0.2, -0.15) is 0 Å². The van der Waals surface area contributed by atoms with Gasteiger partial charge < -0.3 is 20.4 Å². The number of amides is 1. The highest BCUT2D eigenvalue weighted by Gasteiger charge is 2.09. The van der Waals surface area contributed by atoms with E-state index in [4.69, 9.17) is 0 Å². The van der Waals surface area contributed by atoms with Crippen LogP contribution < -0.4 is 15.5 Å². The van der Waals surface area contributed by atoms with Crippen molar-refractivity contribution in [1.29, 1.82) is 0 Å². The van der Waals surface area contributed by atoms with Crippen LogP contribution in [0.2, 0.25) is 0 Å². The first-order chi connectivity index (χ1) is 12.9. The number of aryl methyl sites for hydroxylation is 1. The van der Waals surface area contributed by atoms with E-state index in [0.29, 0.717) is 12.2 Å². The monoisotopic (exact) mass is 369 g/mol. The summed E-state index contributed by atoms with van der Waals surface area (Å²) in [7, 11) is 3.95. The van der Waals surface area contributed by atoms with Gasteiger partial charge in [-0.25, -0.2) is 0 Å². The molecule has 27 heavy (non-hydrogen) atoms. The molecule has 1 amide bonds. The highest BCUT2D eigenvalue weighted by molar-refractivity contribution is 5.93. The zero-order valence-electron chi connectivity index (χ0n) is 17.0. The molecule has 1 heterocycles. The third kappa shape index (κ3) is 5.96. The van der Waals surface area contributed by atoms with E-state index in [2.05, 4.69) is 59.5 Å². The maximum Gasteiger partial charge on any atom is 0.269 e. The van der Waals surface area contributed by atoms with Crippen molar-refractivity contribution in [3.8, 4) is 0 Å². The minimum absolute atomic E-state index is 0.158. The molecule has 0 unspecified atom stereocenters. The van der Waals surface area contributed by atoms with Gasteiger partial charge in [-0.05, 0) is 70.8 Å². The van der Waals surface area contributed by atoms with Crippen LogP contribution in [-0.4, -0.2) is 56.1 Å². The quantitative estimate of drug-likeness (QED) is 0.710. The Hall–Kier alpha value is -2.60. The number of hydrogen-bond donors (Lipinski definition) is 2. The third-order valence-electron chi connectivity index (χ3n) is 4.45. The number of rotatable bonds is 9. The lowest BCUT2D eigenvalue weighted by atomic mass is 10.1. The summed E-state index contributed by atoms with van der Waals surface area (Å²) in [5.74, 6) is -0.158. The Morgan fingerprint density at radius 1 is 1.11 bits per heavy atom. The minimum Gasteiger partial charge on any atom is -0.372 e. The van der Waals surface area contributed by atoms with Crippen LogP contribution in [0.5, 0.6) is 0 Å². The summed E-state index contributed by atoms with van der Waals surface area (Å²) in [6.45, 7) is 9.77. The van der Waals surface area contributed by atoms with E-state index in [-0.39, 0.29) is 5.91 Å². The largest absolute Gasteiger partial charge is 0.372 e. The average Bonchev–Trinajstić information content (AvgIpc) is 2.64. The zero-order chi connectivity index (χ0) is 19.8. The standard InChI is InChI=1S/C21H31N5O/c1-6-26(7-2)18-8-9-19(16(3)14-18)24-17-10-11-22-20(15-17)21(27)23-12-13-25(4)5/h8-11,14-15H,6-7,12-13H2,1-5H3,(H,22,24)(H,23,27). The number of benzene rings is 1. The number of anilines is 3. The molecule has 2 aromatic rings. The van der Waals surface area contributed by atoms with Gasteiger partial charge >= 0.3 is 0 Å². The lowest BCUT2D eigenvalue weighted by molar-refractivity contribution is 0.0946. The molecule has 0 bridgehead atoms. The fourth-order valence-electron chi connectivity index (χ4n) is 2.85. The Labute approximate surface area is 162 Å². The van der Waals surface area contributed by atoms with Crippen molar-refractivity contribution in [3.63, 3.8) is 0 Å². The molecule has 0 atom stereocenters. The lowest BCUT2D eigenvalue weighted by Gasteiger charge is -2.22. The molecule has 1 aromatic heterocycles. The molecule has 0 saturated carbocycles. The molecule has 2 N–H and O–H groups in total. The molecule has 0 aliphatic heterocycles. The molecule has 6 nitrogen and oxygen atoms in total. The first-order valence-electron chi connectivity index (χ1n) is 9.46. The summed E-state index contributed by atoms with van der Waals surface area (Å²) >= 11 is 0. The normalized spacial score (nSPS) is 10.7. The first kappa shape index (κ1) is 20.7. The van der Waals surface area contributed by atoms with Gasteiger partial charge in [0, 0.05) is 49.4 Å². The van der Waals surface area contributed by atoms with Crippen LogP contribution in [0.15, 0.2) is 36.5 Å². The molecule has 0 saturated heterocycles. The van der Waals surface area contributed by atoms with Gasteiger partial charge in [0.15, 0.2) is 0 Å². The second kappa shape index (κ2) is 9.92. The fourth-order valence-corrected chi connectivity index (χ4v) is 2.85. The fraction of sp³-hybridized carbons (Fsp3) is 0.429. The van der Waals surface area contributed by atoms with Crippen molar-refractivity contribution in [1.82, 2.24) is 15.2 Å². The summed E-state index contributed by atoms with van der Waals surface area (Å²) in [4.78, 5) is 20.8. The summed E-state index contributed by atoms with van der Waals surface area (Å²) in [5, 5.41) is 6.29. The van der Waals surface area contributed by atoms with Gasteiger partial charge in [0.2, 0.25) is 0 Å². The van der Waals surface area contributed by atoms with Gasteiger partial charge in [0.25, 0.3) is 5.91 Å². The van der Waals surface area contributed by atoms with Crippen LogP contribution in [-0.2, 0) is 0 Å². The maximum absolute atomic E-state index is 12.3. The van der Waals surface area contributed by atoms with E-state index in [1.165, 1.54) is 5.69 Å². The number of aromatic nitrogens is 1. The number of nitrogens with zero attached hydrogens (tertiary/aromatic N) is 3. The van der Waals surface area contributed by atoms with Gasteiger partial charge in [-0.15, -0.1) is 0 Å². The van der Waals surface area contributed by atoms with Crippen molar-refractivity contribution < 1.29 is 4.79 Å². The smallest absolute Gasteiger partial charge is 0.269 e. The average molecular weight is 370 g/mol. The van der Waals surface area contributed by atoms with Gasteiger partial charge in [0.05, 0.1) is 0 Å². The molecule has 0 aliphatic carbocycles. The summed E-state index contributed by atoms with van der Waals surface area (Å²) < 4.78 is 0. The highest BCUT2D eigenvalue weighted by Crippen LogP contribution is 2.25. The molecule has 0 radical (unpaired) electrons. The zero-order valence-corrected chi connectivity index (χ0v) is 17.0. The Bertz CT molecular complexity index is 756. The predicted octanol–water partition coefficient (Wildman–Crippen LogP) is 3.27. The molecular formula is C21H31N5O. The Morgan fingerprint density at radius 2 is 1.85 bits per heavy atom. The van der Waals surface area contributed by atoms with E-state index in [1.807, 2.05) is 25.1 Å². The van der Waals surface area contributed by atoms with Crippen molar-refractivity contribution in [2.75, 3.05) is 50.5 Å². The van der Waals surface area contributed by atoms with Gasteiger partial charge in [-0.3, -0.25) is 9.78 Å². The second-order valence-electron chi connectivity index (χ2n) is 6.79. The van der Waals surface area contributed by atoms with Crippen molar-refractivity contribution >= 4 is 23.0 Å². The minimum atomic E-state index is -0.158. The van der Waals surface area contributed by atoms with Gasteiger partial charge in [0.1, 0.15) is 5.69 Å². The second-order valence-corrected chi connectivity index (χ2v) is 6.79. The van der Waals surface area contributed by atoms with E-state index in [9.17, 15) is 4.79 Å².